The Balaban J connectivity index is 1.09. The molecule has 4 aliphatic rings. The molecule has 2 aromatic heterocycles. The maximum absolute atomic E-state index is 13.3. The zero-order valence-electron chi connectivity index (χ0n) is 20.9. The average molecular weight is 476 g/mol. The normalized spacial score (nSPS) is 34.6. The highest BCUT2D eigenvalue weighted by Crippen LogP contribution is 2.49. The van der Waals surface area contributed by atoms with E-state index in [0.29, 0.717) is 24.3 Å². The molecule has 2 saturated carbocycles. The maximum Gasteiger partial charge on any atom is 0.417 e. The van der Waals surface area contributed by atoms with Crippen LogP contribution in [0.1, 0.15) is 46.8 Å². The summed E-state index contributed by atoms with van der Waals surface area (Å²) in [6.45, 7) is 0.794. The van der Waals surface area contributed by atoms with Gasteiger partial charge in [0, 0.05) is 58.3 Å². The van der Waals surface area contributed by atoms with E-state index < -0.39 is 18.2 Å². The quantitative estimate of drug-likeness (QED) is 0.680. The highest BCUT2D eigenvalue weighted by Gasteiger charge is 2.50. The molecule has 0 radical (unpaired) electrons. The van der Waals surface area contributed by atoms with Crippen LogP contribution >= 0.6 is 0 Å². The van der Waals surface area contributed by atoms with Crippen LogP contribution < -0.4 is 5.32 Å². The molecule has 0 bridgehead atoms. The van der Waals surface area contributed by atoms with Gasteiger partial charge in [0.25, 0.3) is 0 Å². The molecule has 4 fully saturated rings. The van der Waals surface area contributed by atoms with Crippen LogP contribution in [0, 0.1) is 17.3 Å². The number of rotatable bonds is 5. The second kappa shape index (κ2) is 8.45. The number of aromatic nitrogens is 3. The predicted molar refractivity (Wildman–Crippen MR) is 121 cm³/mol. The highest BCUT2D eigenvalue weighted by atomic mass is 19.4. The van der Waals surface area contributed by atoms with Crippen molar-refractivity contribution in [1.82, 2.24) is 20.1 Å². The van der Waals surface area contributed by atoms with Gasteiger partial charge in [-0.3, -0.25) is 4.98 Å². The maximum atomic E-state index is 13.3. The van der Waals surface area contributed by atoms with Crippen LogP contribution in [-0.2, 0) is 10.9 Å². The van der Waals surface area contributed by atoms with Gasteiger partial charge >= 0.3 is 6.18 Å². The number of nitrogens with zero attached hydrogens (tertiary/aromatic N) is 4. The summed E-state index contributed by atoms with van der Waals surface area (Å²) < 4.78 is 64.1. The van der Waals surface area contributed by atoms with Crippen molar-refractivity contribution in [3.63, 3.8) is 0 Å². The summed E-state index contributed by atoms with van der Waals surface area (Å²) in [5.74, 6) is 1.35. The lowest BCUT2D eigenvalue weighted by molar-refractivity contribution is -0.137. The smallest absolute Gasteiger partial charge is 0.378 e. The van der Waals surface area contributed by atoms with Gasteiger partial charge in [0.05, 0.1) is 17.4 Å². The van der Waals surface area contributed by atoms with Gasteiger partial charge in [-0.2, -0.15) is 13.2 Å². The van der Waals surface area contributed by atoms with E-state index in [0.717, 1.165) is 70.1 Å². The Kier molecular flexibility index (Phi) is 4.96. The monoisotopic (exact) mass is 475 g/mol. The summed E-state index contributed by atoms with van der Waals surface area (Å²) in [4.78, 5) is 5.89. The molecule has 9 heteroatoms. The summed E-state index contributed by atoms with van der Waals surface area (Å²) in [5, 5.41) is 11.6. The topological polar surface area (TPSA) is 63.2 Å². The lowest BCUT2D eigenvalue weighted by Gasteiger charge is -2.33. The van der Waals surface area contributed by atoms with Crippen molar-refractivity contribution in [1.29, 1.82) is 0 Å². The van der Waals surface area contributed by atoms with Crippen molar-refractivity contribution in [3.8, 4) is 11.3 Å². The molecule has 34 heavy (non-hydrogen) atoms. The van der Waals surface area contributed by atoms with E-state index in [4.69, 9.17) is 7.48 Å². The first-order valence-corrected chi connectivity index (χ1v) is 12.2. The minimum atomic E-state index is -4.49. The fourth-order valence-corrected chi connectivity index (χ4v) is 6.57. The van der Waals surface area contributed by atoms with Crippen molar-refractivity contribution in [2.24, 2.45) is 17.3 Å². The lowest BCUT2D eigenvalue weighted by atomic mass is 9.82. The van der Waals surface area contributed by atoms with Gasteiger partial charge in [0.2, 0.25) is 0 Å². The lowest BCUT2D eigenvalue weighted by Crippen LogP contribution is -2.39. The third-order valence-electron chi connectivity index (χ3n) is 8.12. The van der Waals surface area contributed by atoms with Gasteiger partial charge in [0.15, 0.2) is 0 Å². The van der Waals surface area contributed by atoms with E-state index in [-0.39, 0.29) is 28.8 Å². The van der Waals surface area contributed by atoms with E-state index in [1.807, 2.05) is 0 Å². The van der Waals surface area contributed by atoms with E-state index >= 15 is 0 Å². The summed E-state index contributed by atoms with van der Waals surface area (Å²) in [6.07, 6.45) is 3.35. The molecule has 1 N–H and O–H groups in total. The Hall–Kier alpha value is -2.26. The Labute approximate surface area is 200 Å². The SMILES string of the molecule is [2H]C([2H])(N1CC2CC(Nc3ccc(-c4cnccc4C(F)(F)F)nn3)CC2C1)[C@@]12CCC[C@@H]1OCC2. The molecule has 0 amide bonds. The molecule has 2 aromatic rings. The van der Waals surface area contributed by atoms with E-state index in [9.17, 15) is 13.2 Å². The van der Waals surface area contributed by atoms with Crippen molar-refractivity contribution >= 4 is 5.82 Å². The third kappa shape index (κ3) is 4.06. The molecule has 182 valence electrons. The van der Waals surface area contributed by atoms with Gasteiger partial charge < -0.3 is 15.0 Å². The van der Waals surface area contributed by atoms with Crippen molar-refractivity contribution < 1.29 is 20.6 Å². The number of nitrogens with one attached hydrogen (secondary N) is 1. The number of likely N-dealkylation sites (tertiary alicyclic amines) is 1. The fraction of sp³-hybridized carbons (Fsp3) is 0.640. The van der Waals surface area contributed by atoms with Gasteiger partial charge in [-0.25, -0.2) is 0 Å². The van der Waals surface area contributed by atoms with E-state index in [2.05, 4.69) is 25.4 Å². The molecule has 0 aromatic carbocycles. The van der Waals surface area contributed by atoms with Gasteiger partial charge in [-0.05, 0) is 62.1 Å². The van der Waals surface area contributed by atoms with Gasteiger partial charge in [0.1, 0.15) is 5.82 Å². The second-order valence-corrected chi connectivity index (χ2v) is 10.2. The molecule has 2 unspecified atom stereocenters. The number of pyridine rings is 1. The Morgan fingerprint density at radius 3 is 2.71 bits per heavy atom. The summed E-state index contributed by atoms with van der Waals surface area (Å²) >= 11 is 0. The summed E-state index contributed by atoms with van der Waals surface area (Å²) in [6, 6.07) is 4.32. The predicted octanol–water partition coefficient (Wildman–Crippen LogP) is 4.64. The second-order valence-electron chi connectivity index (χ2n) is 10.2. The first kappa shape index (κ1) is 20.0. The zero-order chi connectivity index (χ0) is 25.1. The minimum absolute atomic E-state index is 0.0442. The van der Waals surface area contributed by atoms with E-state index in [1.54, 1.807) is 6.07 Å². The molecular weight excluding hydrogens is 443 g/mol. The number of anilines is 1. The largest absolute Gasteiger partial charge is 0.417 e. The number of hydrogen-bond acceptors (Lipinski definition) is 6. The van der Waals surface area contributed by atoms with E-state index in [1.165, 1.54) is 6.07 Å². The molecule has 4 heterocycles. The molecule has 0 spiro atoms. The van der Waals surface area contributed by atoms with Crippen LogP contribution in [0.4, 0.5) is 19.0 Å². The molecule has 6 rings (SSSR count). The molecule has 4 atom stereocenters. The molecule has 6 nitrogen and oxygen atoms in total. The Morgan fingerprint density at radius 2 is 1.97 bits per heavy atom. The fourth-order valence-electron chi connectivity index (χ4n) is 6.57. The van der Waals surface area contributed by atoms with Gasteiger partial charge in [-0.15, -0.1) is 10.2 Å². The van der Waals surface area contributed by atoms with Crippen LogP contribution in [0.3, 0.4) is 0 Å². The molecule has 2 aliphatic heterocycles. The summed E-state index contributed by atoms with van der Waals surface area (Å²) in [7, 11) is 0. The van der Waals surface area contributed by atoms with Crippen LogP contribution in [-0.4, -0.2) is 58.4 Å². The van der Waals surface area contributed by atoms with Gasteiger partial charge in [-0.1, -0.05) is 6.42 Å². The highest BCUT2D eigenvalue weighted by molar-refractivity contribution is 5.63. The number of alkyl halides is 3. The average Bonchev–Trinajstić information content (AvgIpc) is 3.59. The zero-order valence-corrected chi connectivity index (χ0v) is 18.9. The summed E-state index contributed by atoms with van der Waals surface area (Å²) in [5.41, 5.74) is -1.12. The first-order chi connectivity index (χ1) is 17.2. The molecule has 2 saturated heterocycles. The number of hydrogen-bond donors (Lipinski definition) is 1. The molecule has 2 aliphatic carbocycles. The standard InChI is InChI=1S/C25H30F3N5O/c26-25(27,28)20-5-8-29-12-19(20)21-3-4-23(32-31-21)30-18-10-16-13-33(14-17(16)11-18)15-24-6-1-2-22(24)34-9-7-24/h3-5,8,12,16-18,22H,1-2,6-7,9-11,13-15H2,(H,30,32)/t16?,17?,18?,22-,24-/m0/s1/i15D2. The number of ether oxygens (including phenoxy) is 1. The minimum Gasteiger partial charge on any atom is -0.378 e. The van der Waals surface area contributed by atoms with Crippen molar-refractivity contribution in [3.05, 3.63) is 36.2 Å². The Morgan fingerprint density at radius 1 is 1.15 bits per heavy atom. The number of fused-ring (bicyclic) bond motifs is 2. The van der Waals surface area contributed by atoms with Crippen LogP contribution in [0.5, 0.6) is 0 Å². The molecular formula is C25H30F3N5O. The van der Waals surface area contributed by atoms with Crippen molar-refractivity contribution in [2.45, 2.75) is 56.8 Å². The van der Waals surface area contributed by atoms with Crippen molar-refractivity contribution in [2.75, 3.05) is 31.5 Å². The first-order valence-electron chi connectivity index (χ1n) is 13.2. The third-order valence-corrected chi connectivity index (χ3v) is 8.12. The van der Waals surface area contributed by atoms with Crippen LogP contribution in [0.15, 0.2) is 30.6 Å². The Bertz CT molecular complexity index is 1090. The number of halogens is 3. The van der Waals surface area contributed by atoms with Crippen LogP contribution in [0.2, 0.25) is 0 Å². The van der Waals surface area contributed by atoms with Crippen LogP contribution in [0.25, 0.3) is 11.3 Å².